The number of hydrogen-bond donors (Lipinski definition) is 7. The van der Waals surface area contributed by atoms with E-state index in [0.717, 1.165) is 5.69 Å². The van der Waals surface area contributed by atoms with Gasteiger partial charge in [-0.15, -0.1) is 0 Å². The molecule has 1 aliphatic heterocycles. The minimum atomic E-state index is -1.36. The Labute approximate surface area is 313 Å². The fourth-order valence-electron chi connectivity index (χ4n) is 4.07. The third-order valence-corrected chi connectivity index (χ3v) is 6.77. The standard InChI is InChI=1S/C15H13NO3.2C7H6O3.C4H11NO3.Mg.4H2O/c17-14(10-4-2-1-3-5-10)13-7-6-12-11(15(18)19)8-9-16(12)13;2*8-6-4-2-1-3-5(6)7(9)10;5-4(1-6,2-7)3-8;;;;;/h1-7,11H,8-9H2,(H,18,19);2*1-4,8H,(H,9,10);6-8H,1-3,5H2;;4*1H2/q;;;;+2;;;;/p-2. The van der Waals surface area contributed by atoms with E-state index in [9.17, 15) is 29.4 Å². The molecule has 3 aromatic carbocycles. The van der Waals surface area contributed by atoms with Gasteiger partial charge in [-0.05, 0) is 42.8 Å². The third kappa shape index (κ3) is 15.1. The van der Waals surface area contributed by atoms with Gasteiger partial charge in [-0.2, -0.15) is 0 Å². The van der Waals surface area contributed by atoms with E-state index in [-0.39, 0.29) is 73.4 Å². The maximum Gasteiger partial charge on any atom is 2.00 e. The molecule has 0 saturated heterocycles. The number of aromatic nitrogens is 1. The van der Waals surface area contributed by atoms with E-state index in [1.807, 2.05) is 22.8 Å². The number of carbonyl (C=O) groups is 4. The van der Waals surface area contributed by atoms with Crippen LogP contribution in [0, 0.1) is 0 Å². The Kier molecular flexibility index (Phi) is 26.9. The summed E-state index contributed by atoms with van der Waals surface area (Å²) in [6, 6.07) is 23.8. The average molecular weight is 747 g/mol. The number of hydrogen-bond acceptors (Lipinski definition) is 12. The molecule has 1 aromatic heterocycles. The molecule has 0 spiro atoms. The van der Waals surface area contributed by atoms with Gasteiger partial charge in [0.2, 0.25) is 5.78 Å². The van der Waals surface area contributed by atoms with Gasteiger partial charge in [-0.3, -0.25) is 9.59 Å². The van der Waals surface area contributed by atoms with E-state index in [0.29, 0.717) is 24.2 Å². The number of nitrogens with two attached hydrogens (primary N) is 1. The average Bonchev–Trinajstić information content (AvgIpc) is 3.68. The van der Waals surface area contributed by atoms with Crippen LogP contribution in [-0.4, -0.2) is 129 Å². The van der Waals surface area contributed by atoms with Gasteiger partial charge in [-0.25, -0.2) is 0 Å². The predicted octanol–water partition coefficient (Wildman–Crippen LogP) is -4.22. The first-order chi connectivity index (χ1) is 22.3. The molecule has 1 aliphatic rings. The summed E-state index contributed by atoms with van der Waals surface area (Å²) >= 11 is 0. The van der Waals surface area contributed by atoms with Gasteiger partial charge in [0.15, 0.2) is 0 Å². The third-order valence-electron chi connectivity index (χ3n) is 6.77. The first kappa shape index (κ1) is 53.9. The molecule has 0 saturated carbocycles. The van der Waals surface area contributed by atoms with Gasteiger partial charge >= 0.3 is 29.0 Å². The molecule has 18 nitrogen and oxygen atoms in total. The zero-order valence-corrected chi connectivity index (χ0v) is 29.1. The summed E-state index contributed by atoms with van der Waals surface area (Å²) in [6.45, 7) is -0.618. The van der Waals surface area contributed by atoms with E-state index >= 15 is 0 Å². The number of aliphatic hydroxyl groups is 3. The van der Waals surface area contributed by atoms with Crippen molar-refractivity contribution in [2.75, 3.05) is 19.8 Å². The van der Waals surface area contributed by atoms with Crippen LogP contribution in [0.3, 0.4) is 0 Å². The molecule has 0 fully saturated rings. The van der Waals surface area contributed by atoms with Gasteiger partial charge in [-0.1, -0.05) is 54.6 Å². The van der Waals surface area contributed by atoms with Crippen molar-refractivity contribution in [3.8, 4) is 11.5 Å². The SMILES string of the molecule is NC(CO)(CO)CO.O.O.O.O.O=C([O-])c1ccccc1O.O=C([O-])c1ccccc1O.O=C(c1ccccc1)c1ccc2n1CCC2C(=O)O.[Mg+2]. The summed E-state index contributed by atoms with van der Waals surface area (Å²) in [6.07, 6.45) is 0.556. The molecule has 0 amide bonds. The molecular formula is C33H42MgN2O16. The molecule has 16 N–H and O–H groups in total. The number of aromatic hydroxyl groups is 2. The number of phenols is 2. The van der Waals surface area contributed by atoms with Crippen molar-refractivity contribution in [2.45, 2.75) is 24.4 Å². The normalized spacial score (nSPS) is 11.7. The number of carboxylic acids is 3. The first-order valence-electron chi connectivity index (χ1n) is 13.9. The summed E-state index contributed by atoms with van der Waals surface area (Å²) in [5, 5.41) is 72.2. The summed E-state index contributed by atoms with van der Waals surface area (Å²) in [5.74, 6) is -4.62. The Bertz CT molecular complexity index is 1600. The first-order valence-corrected chi connectivity index (χ1v) is 13.9. The number of para-hydroxylation sites is 2. The van der Waals surface area contributed by atoms with Crippen molar-refractivity contribution in [2.24, 2.45) is 5.73 Å². The molecule has 0 aliphatic carbocycles. The predicted molar refractivity (Wildman–Crippen MR) is 183 cm³/mol. The molecule has 282 valence electrons. The van der Waals surface area contributed by atoms with Crippen LogP contribution in [0.1, 0.15) is 54.8 Å². The van der Waals surface area contributed by atoms with Gasteiger partial charge in [0.25, 0.3) is 0 Å². The van der Waals surface area contributed by atoms with Crippen molar-refractivity contribution in [3.05, 3.63) is 119 Å². The van der Waals surface area contributed by atoms with Gasteiger partial charge in [0, 0.05) is 28.9 Å². The van der Waals surface area contributed by atoms with Gasteiger partial charge in [0.05, 0.1) is 48.9 Å². The number of ketones is 1. The number of carboxylic acid groups (broad SMARTS) is 3. The van der Waals surface area contributed by atoms with Crippen LogP contribution in [0.15, 0.2) is 91.0 Å². The second-order valence-electron chi connectivity index (χ2n) is 10.1. The van der Waals surface area contributed by atoms with Crippen molar-refractivity contribution < 1.29 is 81.9 Å². The number of fused-ring (bicyclic) bond motifs is 1. The number of aliphatic carboxylic acids is 1. The number of aromatic carboxylic acids is 2. The summed E-state index contributed by atoms with van der Waals surface area (Å²) in [4.78, 5) is 43.8. The van der Waals surface area contributed by atoms with E-state index < -0.39 is 49.2 Å². The zero-order valence-electron chi connectivity index (χ0n) is 27.6. The second-order valence-corrected chi connectivity index (χ2v) is 10.1. The van der Waals surface area contributed by atoms with Crippen LogP contribution in [0.2, 0.25) is 0 Å². The van der Waals surface area contributed by atoms with Crippen molar-refractivity contribution in [3.63, 3.8) is 0 Å². The molecule has 0 radical (unpaired) electrons. The van der Waals surface area contributed by atoms with Gasteiger partial charge in [0.1, 0.15) is 11.5 Å². The maximum atomic E-state index is 12.4. The Hall–Kier alpha value is -4.93. The molecule has 4 aromatic rings. The Morgan fingerprint density at radius 2 is 1.10 bits per heavy atom. The fraction of sp³-hybridized carbons (Fsp3) is 0.212. The molecule has 1 atom stereocenters. The maximum absolute atomic E-state index is 12.4. The van der Waals surface area contributed by atoms with Crippen LogP contribution in [-0.2, 0) is 11.3 Å². The number of aliphatic hydroxyl groups excluding tert-OH is 3. The van der Waals surface area contributed by atoms with Crippen LogP contribution in [0.25, 0.3) is 0 Å². The number of carbonyl (C=O) groups excluding carboxylic acids is 3. The zero-order chi connectivity index (χ0) is 35.1. The number of benzene rings is 3. The smallest absolute Gasteiger partial charge is 0.545 e. The molecule has 52 heavy (non-hydrogen) atoms. The summed E-state index contributed by atoms with van der Waals surface area (Å²) < 4.78 is 1.83. The number of nitrogens with zero attached hydrogens (tertiary/aromatic N) is 1. The molecule has 1 unspecified atom stereocenters. The molecule has 0 bridgehead atoms. The minimum absolute atomic E-state index is 0. The van der Waals surface area contributed by atoms with E-state index in [1.165, 1.54) is 36.4 Å². The quantitative estimate of drug-likeness (QED) is 0.0665. The van der Waals surface area contributed by atoms with E-state index in [4.69, 9.17) is 36.4 Å². The van der Waals surface area contributed by atoms with Crippen molar-refractivity contribution in [1.82, 2.24) is 4.57 Å². The minimum Gasteiger partial charge on any atom is -0.545 e. The largest absolute Gasteiger partial charge is 2.00 e. The van der Waals surface area contributed by atoms with E-state index in [1.54, 1.807) is 36.4 Å². The van der Waals surface area contributed by atoms with Crippen LogP contribution < -0.4 is 15.9 Å². The van der Waals surface area contributed by atoms with Crippen LogP contribution in [0.4, 0.5) is 0 Å². The number of rotatable bonds is 8. The van der Waals surface area contributed by atoms with Crippen LogP contribution in [0.5, 0.6) is 11.5 Å². The molecular weight excluding hydrogens is 705 g/mol. The fourth-order valence-corrected chi connectivity index (χ4v) is 4.07. The van der Waals surface area contributed by atoms with Crippen molar-refractivity contribution >= 4 is 46.7 Å². The summed E-state index contributed by atoms with van der Waals surface area (Å²) in [5.41, 5.74) is 5.51. The van der Waals surface area contributed by atoms with Gasteiger partial charge < -0.3 is 82.6 Å². The monoisotopic (exact) mass is 746 g/mol. The topological polar surface area (TPSA) is 393 Å². The Morgan fingerprint density at radius 1 is 0.692 bits per heavy atom. The van der Waals surface area contributed by atoms with E-state index in [2.05, 4.69) is 0 Å². The Morgan fingerprint density at radius 3 is 1.42 bits per heavy atom. The van der Waals surface area contributed by atoms with Crippen LogP contribution >= 0.6 is 0 Å². The second kappa shape index (κ2) is 25.9. The molecule has 5 rings (SSSR count). The molecule has 2 heterocycles. The molecule has 19 heteroatoms. The van der Waals surface area contributed by atoms with Crippen molar-refractivity contribution in [1.29, 1.82) is 0 Å². The summed E-state index contributed by atoms with van der Waals surface area (Å²) in [7, 11) is 0. The Balaban J connectivity index is -0.000000305.